The summed E-state index contributed by atoms with van der Waals surface area (Å²) < 4.78 is 7.51. The first-order chi connectivity index (χ1) is 11.6. The molecule has 6 heteroatoms. The van der Waals surface area contributed by atoms with Gasteiger partial charge in [0.15, 0.2) is 6.61 Å². The van der Waals surface area contributed by atoms with Gasteiger partial charge in [-0.2, -0.15) is 0 Å². The highest BCUT2D eigenvalue weighted by atomic mass is 35.5. The highest BCUT2D eigenvalue weighted by Gasteiger charge is 2.07. The maximum atomic E-state index is 11.9. The number of rotatable bonds is 6. The van der Waals surface area contributed by atoms with E-state index in [1.807, 2.05) is 31.2 Å². The van der Waals surface area contributed by atoms with Crippen molar-refractivity contribution in [3.8, 4) is 5.75 Å². The first-order valence-electron chi connectivity index (χ1n) is 7.70. The molecular weight excluding hydrogens is 326 g/mol. The van der Waals surface area contributed by atoms with Crippen molar-refractivity contribution in [2.45, 2.75) is 13.5 Å². The van der Waals surface area contributed by atoms with Crippen LogP contribution in [-0.4, -0.2) is 28.6 Å². The van der Waals surface area contributed by atoms with Crippen LogP contribution in [0.2, 0.25) is 5.02 Å². The van der Waals surface area contributed by atoms with E-state index < -0.39 is 0 Å². The second-order valence-electron chi connectivity index (χ2n) is 5.40. The molecule has 1 heterocycles. The minimum absolute atomic E-state index is 0.0377. The number of aryl methyl sites for hydroxylation is 1. The third-order valence-electron chi connectivity index (χ3n) is 3.67. The zero-order valence-corrected chi connectivity index (χ0v) is 14.1. The van der Waals surface area contributed by atoms with Gasteiger partial charge in [-0.25, -0.2) is 4.98 Å². The Balaban J connectivity index is 1.50. The molecule has 0 spiro atoms. The van der Waals surface area contributed by atoms with Crippen LogP contribution in [0, 0.1) is 6.92 Å². The normalized spacial score (nSPS) is 10.8. The second-order valence-corrected chi connectivity index (χ2v) is 5.83. The van der Waals surface area contributed by atoms with E-state index in [-0.39, 0.29) is 12.5 Å². The van der Waals surface area contributed by atoms with Crippen LogP contribution >= 0.6 is 11.6 Å². The fourth-order valence-corrected chi connectivity index (χ4v) is 2.72. The minimum Gasteiger partial charge on any atom is -0.484 e. The van der Waals surface area contributed by atoms with E-state index in [4.69, 9.17) is 16.3 Å². The van der Waals surface area contributed by atoms with Gasteiger partial charge in [-0.3, -0.25) is 4.79 Å². The Morgan fingerprint density at radius 2 is 2.08 bits per heavy atom. The zero-order valence-electron chi connectivity index (χ0n) is 13.3. The summed E-state index contributed by atoms with van der Waals surface area (Å²) in [6.45, 7) is 3.10. The number of nitrogens with zero attached hydrogens (tertiary/aromatic N) is 2. The number of nitrogens with one attached hydrogen (secondary N) is 1. The van der Waals surface area contributed by atoms with E-state index >= 15 is 0 Å². The first-order valence-corrected chi connectivity index (χ1v) is 8.08. The van der Waals surface area contributed by atoms with E-state index in [0.717, 1.165) is 16.9 Å². The molecule has 0 fully saturated rings. The van der Waals surface area contributed by atoms with Gasteiger partial charge in [0.1, 0.15) is 11.6 Å². The van der Waals surface area contributed by atoms with Gasteiger partial charge in [-0.05, 0) is 37.3 Å². The molecular formula is C18H18ClN3O2. The lowest BCUT2D eigenvalue weighted by molar-refractivity contribution is -0.123. The van der Waals surface area contributed by atoms with Gasteiger partial charge in [-0.15, -0.1) is 0 Å². The van der Waals surface area contributed by atoms with Gasteiger partial charge in [0.05, 0.1) is 11.0 Å². The topological polar surface area (TPSA) is 56.2 Å². The summed E-state index contributed by atoms with van der Waals surface area (Å²) in [5.41, 5.74) is 2.03. The summed E-state index contributed by atoms with van der Waals surface area (Å²) in [5.74, 6) is 1.34. The molecule has 3 rings (SSSR count). The molecule has 124 valence electrons. The summed E-state index contributed by atoms with van der Waals surface area (Å²) in [6.07, 6.45) is 0. The fraction of sp³-hybridized carbons (Fsp3) is 0.222. The number of halogens is 1. The van der Waals surface area contributed by atoms with Crippen molar-refractivity contribution >= 4 is 28.5 Å². The first kappa shape index (κ1) is 16.3. The second kappa shape index (κ2) is 7.36. The monoisotopic (exact) mass is 343 g/mol. The van der Waals surface area contributed by atoms with Crippen molar-refractivity contribution in [3.05, 3.63) is 59.4 Å². The molecule has 0 aliphatic carbocycles. The van der Waals surface area contributed by atoms with Gasteiger partial charge in [0.25, 0.3) is 5.91 Å². The van der Waals surface area contributed by atoms with Gasteiger partial charge in [0, 0.05) is 18.1 Å². The molecule has 1 amide bonds. The predicted molar refractivity (Wildman–Crippen MR) is 94.4 cm³/mol. The van der Waals surface area contributed by atoms with E-state index in [9.17, 15) is 4.79 Å². The van der Waals surface area contributed by atoms with Gasteiger partial charge in [-0.1, -0.05) is 29.8 Å². The Kier molecular flexibility index (Phi) is 5.01. The highest BCUT2D eigenvalue weighted by molar-refractivity contribution is 6.30. The van der Waals surface area contributed by atoms with Crippen molar-refractivity contribution in [1.29, 1.82) is 0 Å². The number of fused-ring (bicyclic) bond motifs is 1. The molecule has 1 aromatic heterocycles. The van der Waals surface area contributed by atoms with Crippen molar-refractivity contribution in [2.24, 2.45) is 0 Å². The number of ether oxygens (including phenoxy) is 1. The van der Waals surface area contributed by atoms with E-state index in [0.29, 0.717) is 23.9 Å². The Hall–Kier alpha value is -2.53. The molecule has 0 unspecified atom stereocenters. The Bertz CT molecular complexity index is 860. The maximum absolute atomic E-state index is 11.9. The van der Waals surface area contributed by atoms with Crippen LogP contribution < -0.4 is 10.1 Å². The fourth-order valence-electron chi connectivity index (χ4n) is 2.54. The number of amides is 1. The number of para-hydroxylation sites is 2. The molecule has 2 aromatic carbocycles. The maximum Gasteiger partial charge on any atom is 0.258 e. The van der Waals surface area contributed by atoms with E-state index in [2.05, 4.69) is 14.9 Å². The molecule has 0 bridgehead atoms. The average Bonchev–Trinajstić information content (AvgIpc) is 2.89. The Morgan fingerprint density at radius 1 is 1.25 bits per heavy atom. The summed E-state index contributed by atoms with van der Waals surface area (Å²) in [5, 5.41) is 3.43. The molecule has 0 saturated carbocycles. The molecule has 24 heavy (non-hydrogen) atoms. The summed E-state index contributed by atoms with van der Waals surface area (Å²) in [7, 11) is 0. The zero-order chi connectivity index (χ0) is 16.9. The van der Waals surface area contributed by atoms with Crippen molar-refractivity contribution in [1.82, 2.24) is 14.9 Å². The number of carbonyl (C=O) groups excluding carboxylic acids is 1. The summed E-state index contributed by atoms with van der Waals surface area (Å²) in [4.78, 5) is 16.4. The third kappa shape index (κ3) is 3.86. The number of benzene rings is 2. The standard InChI is InChI=1S/C18H18ClN3O2/c1-13-21-16-7-2-3-8-17(16)22(13)10-9-20-18(23)12-24-15-6-4-5-14(19)11-15/h2-8,11H,9-10,12H2,1H3,(H,20,23). The Morgan fingerprint density at radius 3 is 2.92 bits per heavy atom. The number of aromatic nitrogens is 2. The van der Waals surface area contributed by atoms with E-state index in [1.54, 1.807) is 24.3 Å². The van der Waals surface area contributed by atoms with Gasteiger partial charge in [0.2, 0.25) is 0 Å². The van der Waals surface area contributed by atoms with Crippen molar-refractivity contribution in [3.63, 3.8) is 0 Å². The van der Waals surface area contributed by atoms with Gasteiger partial charge < -0.3 is 14.6 Å². The smallest absolute Gasteiger partial charge is 0.258 e. The van der Waals surface area contributed by atoms with Crippen LogP contribution in [0.15, 0.2) is 48.5 Å². The molecule has 0 aliphatic heterocycles. The number of carbonyl (C=O) groups is 1. The lowest BCUT2D eigenvalue weighted by Crippen LogP contribution is -2.31. The third-order valence-corrected chi connectivity index (χ3v) is 3.90. The Labute approximate surface area is 145 Å². The summed E-state index contributed by atoms with van der Waals surface area (Å²) >= 11 is 5.87. The van der Waals surface area contributed by atoms with Crippen molar-refractivity contribution < 1.29 is 9.53 Å². The molecule has 5 nitrogen and oxygen atoms in total. The van der Waals surface area contributed by atoms with Crippen LogP contribution in [0.3, 0.4) is 0 Å². The lowest BCUT2D eigenvalue weighted by Gasteiger charge is -2.10. The molecule has 0 atom stereocenters. The van der Waals surface area contributed by atoms with Crippen LogP contribution in [0.4, 0.5) is 0 Å². The lowest BCUT2D eigenvalue weighted by atomic mass is 10.3. The molecule has 0 radical (unpaired) electrons. The molecule has 0 aliphatic rings. The molecule has 3 aromatic rings. The quantitative estimate of drug-likeness (QED) is 0.747. The molecule has 1 N–H and O–H groups in total. The average molecular weight is 344 g/mol. The van der Waals surface area contributed by atoms with Crippen LogP contribution in [0.25, 0.3) is 11.0 Å². The van der Waals surface area contributed by atoms with E-state index in [1.165, 1.54) is 0 Å². The molecule has 0 saturated heterocycles. The van der Waals surface area contributed by atoms with Crippen LogP contribution in [0.5, 0.6) is 5.75 Å². The number of hydrogen-bond donors (Lipinski definition) is 1. The SMILES string of the molecule is Cc1nc2ccccc2n1CCNC(=O)COc1cccc(Cl)c1. The predicted octanol–water partition coefficient (Wildman–Crippen LogP) is 3.19. The highest BCUT2D eigenvalue weighted by Crippen LogP contribution is 2.17. The number of hydrogen-bond acceptors (Lipinski definition) is 3. The van der Waals surface area contributed by atoms with Gasteiger partial charge >= 0.3 is 0 Å². The van der Waals surface area contributed by atoms with Crippen LogP contribution in [0.1, 0.15) is 5.82 Å². The number of imidazole rings is 1. The van der Waals surface area contributed by atoms with Crippen LogP contribution in [-0.2, 0) is 11.3 Å². The minimum atomic E-state index is -0.169. The largest absolute Gasteiger partial charge is 0.484 e. The van der Waals surface area contributed by atoms with Crippen molar-refractivity contribution in [2.75, 3.05) is 13.2 Å². The summed E-state index contributed by atoms with van der Waals surface area (Å²) in [6, 6.07) is 14.9.